The molecule has 0 aromatic heterocycles. The van der Waals surface area contributed by atoms with Crippen molar-refractivity contribution in [3.8, 4) is 0 Å². The fourth-order valence-electron chi connectivity index (χ4n) is 3.05. The third-order valence-electron chi connectivity index (χ3n) is 4.67. The third-order valence-corrected chi connectivity index (χ3v) is 4.67. The number of carbonyl (C=O) groups excluding carboxylic acids is 2. The number of unbranched alkanes of at least 4 members (excludes halogenated alkanes) is 2. The lowest BCUT2D eigenvalue weighted by molar-refractivity contribution is 0.0790. The number of hydrogen-bond acceptors (Lipinski definition) is 7. The second kappa shape index (κ2) is 15.4. The molecule has 0 bridgehead atoms. The van der Waals surface area contributed by atoms with Gasteiger partial charge in [0.25, 0.3) is 0 Å². The average molecular weight is 403 g/mol. The molecule has 0 saturated carbocycles. The minimum absolute atomic E-state index is 0.186. The van der Waals surface area contributed by atoms with Crippen LogP contribution < -0.4 is 5.32 Å². The predicted molar refractivity (Wildman–Crippen MR) is 107 cm³/mol. The highest BCUT2D eigenvalue weighted by molar-refractivity contribution is 5.68. The highest BCUT2D eigenvalue weighted by Crippen LogP contribution is 2.06. The molecule has 164 valence electrons. The van der Waals surface area contributed by atoms with Crippen LogP contribution in [0.4, 0.5) is 9.59 Å². The minimum atomic E-state index is -0.188. The summed E-state index contributed by atoms with van der Waals surface area (Å²) in [6.45, 7) is 12.6. The van der Waals surface area contributed by atoms with Crippen LogP contribution in [-0.2, 0) is 9.47 Å². The van der Waals surface area contributed by atoms with E-state index in [-0.39, 0.29) is 18.8 Å². The predicted octanol–water partition coefficient (Wildman–Crippen LogP) is 0.971. The summed E-state index contributed by atoms with van der Waals surface area (Å²) < 4.78 is 9.81. The van der Waals surface area contributed by atoms with E-state index in [0.29, 0.717) is 13.2 Å². The van der Waals surface area contributed by atoms with Crippen LogP contribution in [0.2, 0.25) is 0 Å². The van der Waals surface area contributed by atoms with Gasteiger partial charge in [-0.15, -0.1) is 0 Å². The molecule has 0 aliphatic carbocycles. The zero-order valence-corrected chi connectivity index (χ0v) is 17.5. The number of nitrogens with zero attached hydrogens (tertiary/aromatic N) is 3. The number of piperazine rings is 2. The van der Waals surface area contributed by atoms with Gasteiger partial charge in [0.1, 0.15) is 0 Å². The molecule has 2 N–H and O–H groups in total. The van der Waals surface area contributed by atoms with E-state index >= 15 is 0 Å². The van der Waals surface area contributed by atoms with E-state index in [1.165, 1.54) is 0 Å². The van der Waals surface area contributed by atoms with Crippen molar-refractivity contribution < 1.29 is 24.2 Å². The van der Waals surface area contributed by atoms with Crippen molar-refractivity contribution in [1.29, 1.82) is 0 Å². The van der Waals surface area contributed by atoms with Gasteiger partial charge >= 0.3 is 12.2 Å². The Labute approximate surface area is 168 Å². The maximum absolute atomic E-state index is 11.5. The lowest BCUT2D eigenvalue weighted by Gasteiger charge is -2.33. The second-order valence-electron chi connectivity index (χ2n) is 6.75. The van der Waals surface area contributed by atoms with Crippen molar-refractivity contribution in [3.05, 3.63) is 0 Å². The van der Waals surface area contributed by atoms with E-state index in [0.717, 1.165) is 78.2 Å². The molecule has 0 atom stereocenters. The van der Waals surface area contributed by atoms with Crippen LogP contribution in [-0.4, -0.2) is 111 Å². The number of nitrogens with one attached hydrogen (secondary N) is 1. The van der Waals surface area contributed by atoms with Crippen LogP contribution >= 0.6 is 0 Å². The first-order chi connectivity index (χ1) is 13.6. The van der Waals surface area contributed by atoms with Gasteiger partial charge in [-0.25, -0.2) is 9.59 Å². The Morgan fingerprint density at radius 2 is 1.36 bits per heavy atom. The summed E-state index contributed by atoms with van der Waals surface area (Å²) in [6, 6.07) is 0. The van der Waals surface area contributed by atoms with Gasteiger partial charge in [-0.3, -0.25) is 4.90 Å². The average Bonchev–Trinajstić information content (AvgIpc) is 2.73. The van der Waals surface area contributed by atoms with Crippen LogP contribution in [0, 0.1) is 0 Å². The van der Waals surface area contributed by atoms with Crippen molar-refractivity contribution in [3.63, 3.8) is 0 Å². The first-order valence-corrected chi connectivity index (χ1v) is 10.5. The molecule has 9 heteroatoms. The second-order valence-corrected chi connectivity index (χ2v) is 6.75. The minimum Gasteiger partial charge on any atom is -0.450 e. The monoisotopic (exact) mass is 402 g/mol. The van der Waals surface area contributed by atoms with E-state index in [4.69, 9.17) is 14.6 Å². The first kappa shape index (κ1) is 24.5. The molecule has 2 rings (SSSR count). The number of ether oxygens (including phenoxy) is 2. The first-order valence-electron chi connectivity index (χ1n) is 10.5. The Balaban J connectivity index is 0.000000307. The maximum atomic E-state index is 11.5. The van der Waals surface area contributed by atoms with Crippen LogP contribution in [0.3, 0.4) is 0 Å². The summed E-state index contributed by atoms with van der Waals surface area (Å²) in [5, 5.41) is 11.8. The molecule has 2 fully saturated rings. The van der Waals surface area contributed by atoms with Crippen LogP contribution in [0.1, 0.15) is 33.1 Å². The molecule has 0 radical (unpaired) electrons. The molecule has 0 unspecified atom stereocenters. The fourth-order valence-corrected chi connectivity index (χ4v) is 3.05. The standard InChI is InChI=1S/C12H24N2O3.C7H14N2O2/c1-2-17-12(16)14-9-7-13(8-10-14)6-4-3-5-11-15;1-2-11-7(10)9-5-3-8-4-6-9/h15H,2-11H2,1H3;8H,2-6H2,1H3. The number of amides is 2. The molecule has 2 heterocycles. The lowest BCUT2D eigenvalue weighted by atomic mass is 10.2. The van der Waals surface area contributed by atoms with Crippen molar-refractivity contribution in [1.82, 2.24) is 20.0 Å². The van der Waals surface area contributed by atoms with Crippen LogP contribution in [0.25, 0.3) is 0 Å². The largest absolute Gasteiger partial charge is 0.450 e. The SMILES string of the molecule is CCOC(=O)N1CCN(CCCCCO)CC1.CCOC(=O)N1CCNCC1. The van der Waals surface area contributed by atoms with Gasteiger partial charge in [0.15, 0.2) is 0 Å². The number of aliphatic hydroxyl groups excluding tert-OH is 1. The Kier molecular flexibility index (Phi) is 13.4. The summed E-state index contributed by atoms with van der Waals surface area (Å²) in [5.41, 5.74) is 0. The summed E-state index contributed by atoms with van der Waals surface area (Å²) >= 11 is 0. The van der Waals surface area contributed by atoms with Gasteiger partial charge in [-0.05, 0) is 39.7 Å². The highest BCUT2D eigenvalue weighted by Gasteiger charge is 2.21. The van der Waals surface area contributed by atoms with Crippen molar-refractivity contribution in [2.75, 3.05) is 78.7 Å². The molecule has 0 aromatic carbocycles. The Morgan fingerprint density at radius 1 is 0.821 bits per heavy atom. The molecule has 2 aliphatic rings. The van der Waals surface area contributed by atoms with Gasteiger partial charge in [0.05, 0.1) is 13.2 Å². The molecule has 2 saturated heterocycles. The van der Waals surface area contributed by atoms with E-state index in [1.54, 1.807) is 9.80 Å². The molecule has 0 aromatic rings. The smallest absolute Gasteiger partial charge is 0.409 e. The summed E-state index contributed by atoms with van der Waals surface area (Å²) in [4.78, 5) is 28.4. The molecule has 9 nitrogen and oxygen atoms in total. The summed E-state index contributed by atoms with van der Waals surface area (Å²) in [5.74, 6) is 0. The van der Waals surface area contributed by atoms with Crippen LogP contribution in [0.5, 0.6) is 0 Å². The molecular formula is C19H38N4O5. The maximum Gasteiger partial charge on any atom is 0.409 e. The molecule has 2 amide bonds. The highest BCUT2D eigenvalue weighted by atomic mass is 16.6. The van der Waals surface area contributed by atoms with Gasteiger partial charge in [-0.2, -0.15) is 0 Å². The molecule has 0 spiro atoms. The summed E-state index contributed by atoms with van der Waals surface area (Å²) in [6.07, 6.45) is 2.72. The van der Waals surface area contributed by atoms with Gasteiger partial charge in [0, 0.05) is 59.0 Å². The number of aliphatic hydroxyl groups is 1. The van der Waals surface area contributed by atoms with E-state index in [2.05, 4.69) is 10.2 Å². The van der Waals surface area contributed by atoms with Gasteiger partial charge in [0.2, 0.25) is 0 Å². The Morgan fingerprint density at radius 3 is 1.86 bits per heavy atom. The van der Waals surface area contributed by atoms with Crippen molar-refractivity contribution in [2.24, 2.45) is 0 Å². The van der Waals surface area contributed by atoms with Gasteiger partial charge < -0.3 is 29.7 Å². The van der Waals surface area contributed by atoms with Crippen LogP contribution in [0.15, 0.2) is 0 Å². The molecule has 28 heavy (non-hydrogen) atoms. The molecular weight excluding hydrogens is 364 g/mol. The van der Waals surface area contributed by atoms with E-state index < -0.39 is 0 Å². The fraction of sp³-hybridized carbons (Fsp3) is 0.895. The Bertz CT molecular complexity index is 425. The van der Waals surface area contributed by atoms with Crippen molar-refractivity contribution >= 4 is 12.2 Å². The molecule has 2 aliphatic heterocycles. The number of carbonyl (C=O) groups is 2. The van der Waals surface area contributed by atoms with E-state index in [1.807, 2.05) is 13.8 Å². The van der Waals surface area contributed by atoms with Crippen molar-refractivity contribution in [2.45, 2.75) is 33.1 Å². The normalized spacial score (nSPS) is 17.5. The summed E-state index contributed by atoms with van der Waals surface area (Å²) in [7, 11) is 0. The quantitative estimate of drug-likeness (QED) is 0.613. The third kappa shape index (κ3) is 10.1. The van der Waals surface area contributed by atoms with Gasteiger partial charge in [-0.1, -0.05) is 0 Å². The van der Waals surface area contributed by atoms with E-state index in [9.17, 15) is 9.59 Å². The topological polar surface area (TPSA) is 94.6 Å². The Hall–Kier alpha value is -1.58. The lowest BCUT2D eigenvalue weighted by Crippen LogP contribution is -2.49. The zero-order chi connectivity index (χ0) is 20.6. The number of hydrogen-bond donors (Lipinski definition) is 2. The zero-order valence-electron chi connectivity index (χ0n) is 17.5. The number of rotatable bonds is 7.